The zero-order valence-corrected chi connectivity index (χ0v) is 12.3. The van der Waals surface area contributed by atoms with Gasteiger partial charge in [0.15, 0.2) is 0 Å². The molecule has 1 aromatic rings. The lowest BCUT2D eigenvalue weighted by atomic mass is 10.1. The fourth-order valence-corrected chi connectivity index (χ4v) is 2.97. The highest BCUT2D eigenvalue weighted by Gasteiger charge is 2.27. The van der Waals surface area contributed by atoms with Gasteiger partial charge in [0.25, 0.3) is 0 Å². The number of ether oxygens (including phenoxy) is 1. The molecule has 2 N–H and O–H groups in total. The largest absolute Gasteiger partial charge is 0.394 e. The Bertz CT molecular complexity index is 465. The highest BCUT2D eigenvalue weighted by Crippen LogP contribution is 2.33. The zero-order chi connectivity index (χ0) is 13.9. The molecule has 110 valence electrons. The molecule has 0 spiro atoms. The van der Waals surface area contributed by atoms with Gasteiger partial charge in [0, 0.05) is 19.1 Å². The van der Waals surface area contributed by atoms with Crippen molar-refractivity contribution >= 4 is 17.3 Å². The van der Waals surface area contributed by atoms with Crippen LogP contribution in [0.1, 0.15) is 18.4 Å². The minimum absolute atomic E-state index is 0.0108. The average Bonchev–Trinajstić information content (AvgIpc) is 3.29. The maximum absolute atomic E-state index is 9.55. The summed E-state index contributed by atoms with van der Waals surface area (Å²) in [5, 5.41) is 13.8. The van der Waals surface area contributed by atoms with Crippen LogP contribution in [0.2, 0.25) is 5.02 Å². The molecule has 0 radical (unpaired) electrons. The molecule has 1 aliphatic heterocycles. The third-order valence-corrected chi connectivity index (χ3v) is 4.26. The highest BCUT2D eigenvalue weighted by atomic mass is 35.5. The van der Waals surface area contributed by atoms with E-state index in [-0.39, 0.29) is 12.6 Å². The van der Waals surface area contributed by atoms with Crippen molar-refractivity contribution in [3.05, 3.63) is 28.8 Å². The Kier molecular flexibility index (Phi) is 4.46. The summed E-state index contributed by atoms with van der Waals surface area (Å²) in [6, 6.07) is 6.68. The maximum atomic E-state index is 9.55. The molecule has 0 bridgehead atoms. The van der Waals surface area contributed by atoms with Crippen LogP contribution in [-0.4, -0.2) is 43.6 Å². The highest BCUT2D eigenvalue weighted by molar-refractivity contribution is 6.33. The first-order valence-corrected chi connectivity index (χ1v) is 7.63. The van der Waals surface area contributed by atoms with Crippen LogP contribution in [0.15, 0.2) is 18.2 Å². The second kappa shape index (κ2) is 6.31. The number of nitrogens with one attached hydrogen (secondary N) is 1. The third kappa shape index (κ3) is 3.09. The van der Waals surface area contributed by atoms with E-state index in [0.29, 0.717) is 19.3 Å². The predicted octanol–water partition coefficient (Wildman–Crippen LogP) is 1.79. The molecule has 2 fully saturated rings. The molecule has 20 heavy (non-hydrogen) atoms. The minimum atomic E-state index is -0.0108. The summed E-state index contributed by atoms with van der Waals surface area (Å²) in [6.45, 7) is 2.91. The Morgan fingerprint density at radius 1 is 1.40 bits per heavy atom. The summed E-state index contributed by atoms with van der Waals surface area (Å²) in [4.78, 5) is 2.19. The van der Waals surface area contributed by atoms with Crippen LogP contribution in [0.4, 0.5) is 5.69 Å². The van der Waals surface area contributed by atoms with Crippen LogP contribution in [0.5, 0.6) is 0 Å². The van der Waals surface area contributed by atoms with E-state index < -0.39 is 0 Å². The molecule has 1 saturated heterocycles. The Morgan fingerprint density at radius 3 is 3.00 bits per heavy atom. The summed E-state index contributed by atoms with van der Waals surface area (Å²) >= 11 is 6.42. The van der Waals surface area contributed by atoms with Gasteiger partial charge >= 0.3 is 0 Å². The second-order valence-corrected chi connectivity index (χ2v) is 5.91. The standard InChI is InChI=1S/C15H21ClN2O2/c16-14-3-1-2-11(8-17-12-4-5-12)15(14)18-6-7-20-10-13(18)9-19/h1-3,12-13,17,19H,4-10H2. The van der Waals surface area contributed by atoms with Crippen molar-refractivity contribution in [1.29, 1.82) is 0 Å². The van der Waals surface area contributed by atoms with Crippen molar-refractivity contribution < 1.29 is 9.84 Å². The lowest BCUT2D eigenvalue weighted by Gasteiger charge is -2.38. The minimum Gasteiger partial charge on any atom is -0.394 e. The van der Waals surface area contributed by atoms with Crippen LogP contribution in [0.25, 0.3) is 0 Å². The van der Waals surface area contributed by atoms with Gasteiger partial charge < -0.3 is 20.1 Å². The van der Waals surface area contributed by atoms with Gasteiger partial charge in [-0.3, -0.25) is 0 Å². The van der Waals surface area contributed by atoms with E-state index in [2.05, 4.69) is 16.3 Å². The fraction of sp³-hybridized carbons (Fsp3) is 0.600. The van der Waals surface area contributed by atoms with Crippen molar-refractivity contribution in [1.82, 2.24) is 5.32 Å². The second-order valence-electron chi connectivity index (χ2n) is 5.51. The quantitative estimate of drug-likeness (QED) is 0.869. The third-order valence-electron chi connectivity index (χ3n) is 3.95. The lowest BCUT2D eigenvalue weighted by Crippen LogP contribution is -2.48. The van der Waals surface area contributed by atoms with Crippen LogP contribution in [0, 0.1) is 0 Å². The van der Waals surface area contributed by atoms with Gasteiger partial charge in [0.05, 0.1) is 36.6 Å². The molecular formula is C15H21ClN2O2. The van der Waals surface area contributed by atoms with Gasteiger partial charge in [0.1, 0.15) is 0 Å². The molecule has 4 nitrogen and oxygen atoms in total. The Balaban J connectivity index is 1.84. The van der Waals surface area contributed by atoms with E-state index >= 15 is 0 Å². The molecule has 5 heteroatoms. The van der Waals surface area contributed by atoms with E-state index in [1.165, 1.54) is 18.4 Å². The Labute approximate surface area is 124 Å². The fourth-order valence-electron chi connectivity index (χ4n) is 2.67. The van der Waals surface area contributed by atoms with E-state index in [0.717, 1.165) is 23.8 Å². The summed E-state index contributed by atoms with van der Waals surface area (Å²) in [5.74, 6) is 0. The molecule has 3 rings (SSSR count). The number of nitrogens with zero attached hydrogens (tertiary/aromatic N) is 1. The number of hydrogen-bond donors (Lipinski definition) is 2. The van der Waals surface area contributed by atoms with Gasteiger partial charge in [-0.15, -0.1) is 0 Å². The average molecular weight is 297 g/mol. The van der Waals surface area contributed by atoms with Crippen molar-refractivity contribution in [3.63, 3.8) is 0 Å². The van der Waals surface area contributed by atoms with Gasteiger partial charge in [-0.2, -0.15) is 0 Å². The molecule has 0 amide bonds. The molecule has 1 aromatic carbocycles. The zero-order valence-electron chi connectivity index (χ0n) is 11.5. The lowest BCUT2D eigenvalue weighted by molar-refractivity contribution is 0.0726. The van der Waals surface area contributed by atoms with Crippen molar-refractivity contribution in [2.75, 3.05) is 31.3 Å². The van der Waals surface area contributed by atoms with E-state index in [9.17, 15) is 5.11 Å². The smallest absolute Gasteiger partial charge is 0.0756 e. The van der Waals surface area contributed by atoms with E-state index in [1.54, 1.807) is 0 Å². The number of anilines is 1. The number of aliphatic hydroxyl groups is 1. The van der Waals surface area contributed by atoms with Gasteiger partial charge in [-0.1, -0.05) is 23.7 Å². The number of hydrogen-bond acceptors (Lipinski definition) is 4. The summed E-state index contributed by atoms with van der Waals surface area (Å²) in [6.07, 6.45) is 2.54. The number of rotatable bonds is 5. The van der Waals surface area contributed by atoms with Crippen molar-refractivity contribution in [2.45, 2.75) is 31.5 Å². The van der Waals surface area contributed by atoms with Gasteiger partial charge in [0.2, 0.25) is 0 Å². The number of aliphatic hydroxyl groups excluding tert-OH is 1. The predicted molar refractivity (Wildman–Crippen MR) is 80.4 cm³/mol. The van der Waals surface area contributed by atoms with Crippen molar-refractivity contribution in [2.24, 2.45) is 0 Å². The number of para-hydroxylation sites is 1. The molecule has 1 atom stereocenters. The summed E-state index contributed by atoms with van der Waals surface area (Å²) < 4.78 is 5.45. The van der Waals surface area contributed by atoms with Crippen LogP contribution >= 0.6 is 11.6 Å². The molecule has 1 aliphatic carbocycles. The molecule has 1 heterocycles. The Hall–Kier alpha value is -0.810. The molecular weight excluding hydrogens is 276 g/mol. The van der Waals surface area contributed by atoms with Crippen LogP contribution in [-0.2, 0) is 11.3 Å². The van der Waals surface area contributed by atoms with E-state index in [1.807, 2.05) is 12.1 Å². The monoisotopic (exact) mass is 296 g/mol. The van der Waals surface area contributed by atoms with Gasteiger partial charge in [-0.25, -0.2) is 0 Å². The maximum Gasteiger partial charge on any atom is 0.0756 e. The summed E-state index contributed by atoms with van der Waals surface area (Å²) in [5.41, 5.74) is 2.24. The number of halogens is 1. The van der Waals surface area contributed by atoms with Crippen LogP contribution in [0.3, 0.4) is 0 Å². The van der Waals surface area contributed by atoms with E-state index in [4.69, 9.17) is 16.3 Å². The summed E-state index contributed by atoms with van der Waals surface area (Å²) in [7, 11) is 0. The normalized spacial score (nSPS) is 23.1. The van der Waals surface area contributed by atoms with Gasteiger partial charge in [-0.05, 0) is 24.5 Å². The Morgan fingerprint density at radius 2 is 2.25 bits per heavy atom. The first-order valence-electron chi connectivity index (χ1n) is 7.25. The van der Waals surface area contributed by atoms with Crippen molar-refractivity contribution in [3.8, 4) is 0 Å². The molecule has 1 saturated carbocycles. The SMILES string of the molecule is OCC1COCCN1c1c(Cl)cccc1CNC1CC1. The van der Waals surface area contributed by atoms with Crippen LogP contribution < -0.4 is 10.2 Å². The number of morpholine rings is 1. The first-order chi connectivity index (χ1) is 9.79. The topological polar surface area (TPSA) is 44.7 Å². The molecule has 1 unspecified atom stereocenters. The first kappa shape index (κ1) is 14.1. The molecule has 2 aliphatic rings. The molecule has 0 aromatic heterocycles. The number of benzene rings is 1.